The first-order chi connectivity index (χ1) is 19.9. The standard InChI is InChI=1S/C31H31N5O4S/c1-20(28(37)32-18-21-11-7-5-8-12-21)35(2)31-33-26-29(41-31)34-27(22-13-9-6-10-14-22)36(30(26)38)19-23-15-16-24(39-3)17-25(23)40-4/h5-17,20H,18-19H2,1-4H3,(H,32,37)/t20-/m1/s1. The highest BCUT2D eigenvalue weighted by molar-refractivity contribution is 7.21. The highest BCUT2D eigenvalue weighted by atomic mass is 32.1. The number of nitrogens with zero attached hydrogens (tertiary/aromatic N) is 4. The second kappa shape index (κ2) is 12.2. The molecule has 0 bridgehead atoms. The smallest absolute Gasteiger partial charge is 0.281 e. The Morgan fingerprint density at radius 1 is 1.00 bits per heavy atom. The number of methoxy groups -OCH3 is 2. The Morgan fingerprint density at radius 2 is 1.71 bits per heavy atom. The number of nitrogens with one attached hydrogen (secondary N) is 1. The van der Waals surface area contributed by atoms with E-state index in [1.807, 2.05) is 79.7 Å². The maximum Gasteiger partial charge on any atom is 0.281 e. The van der Waals surface area contributed by atoms with E-state index in [4.69, 9.17) is 14.5 Å². The van der Waals surface area contributed by atoms with Crippen LogP contribution in [0.4, 0.5) is 5.13 Å². The molecule has 0 fully saturated rings. The predicted molar refractivity (Wildman–Crippen MR) is 162 cm³/mol. The molecular formula is C31H31N5O4S. The van der Waals surface area contributed by atoms with Crippen LogP contribution in [-0.4, -0.2) is 47.8 Å². The molecule has 9 nitrogen and oxygen atoms in total. The Hall–Kier alpha value is -4.70. The van der Waals surface area contributed by atoms with Crippen LogP contribution in [0.2, 0.25) is 0 Å². The van der Waals surface area contributed by atoms with Gasteiger partial charge in [-0.25, -0.2) is 9.97 Å². The molecule has 1 atom stereocenters. The van der Waals surface area contributed by atoms with E-state index < -0.39 is 6.04 Å². The third-order valence-electron chi connectivity index (χ3n) is 6.94. The summed E-state index contributed by atoms with van der Waals surface area (Å²) in [5.74, 6) is 1.64. The van der Waals surface area contributed by atoms with E-state index in [-0.39, 0.29) is 23.5 Å². The van der Waals surface area contributed by atoms with Crippen molar-refractivity contribution in [1.82, 2.24) is 19.9 Å². The van der Waals surface area contributed by atoms with Crippen LogP contribution in [0, 0.1) is 0 Å². The lowest BCUT2D eigenvalue weighted by Gasteiger charge is -2.23. The van der Waals surface area contributed by atoms with Crippen LogP contribution in [-0.2, 0) is 17.9 Å². The number of anilines is 1. The quantitative estimate of drug-likeness (QED) is 0.260. The number of rotatable bonds is 10. The fourth-order valence-corrected chi connectivity index (χ4v) is 5.40. The number of hydrogen-bond donors (Lipinski definition) is 1. The zero-order chi connectivity index (χ0) is 28.9. The molecule has 1 amide bonds. The molecule has 0 aliphatic heterocycles. The van der Waals surface area contributed by atoms with Crippen LogP contribution >= 0.6 is 11.3 Å². The largest absolute Gasteiger partial charge is 0.497 e. The normalized spacial score (nSPS) is 11.7. The molecule has 0 radical (unpaired) electrons. The summed E-state index contributed by atoms with van der Waals surface area (Å²) in [4.78, 5) is 38.7. The van der Waals surface area contributed by atoms with Crippen molar-refractivity contribution in [2.24, 2.45) is 0 Å². The SMILES string of the molecule is COc1ccc(Cn2c(-c3ccccc3)nc3sc(N(C)[C@H](C)C(=O)NCc4ccccc4)nc3c2=O)c(OC)c1. The minimum absolute atomic E-state index is 0.141. The number of hydrogen-bond acceptors (Lipinski definition) is 8. The number of carbonyl (C=O) groups is 1. The number of amides is 1. The average molecular weight is 570 g/mol. The number of benzene rings is 3. The lowest BCUT2D eigenvalue weighted by Crippen LogP contribution is -2.43. The van der Waals surface area contributed by atoms with Crippen molar-refractivity contribution in [3.8, 4) is 22.9 Å². The molecule has 0 aliphatic carbocycles. The van der Waals surface area contributed by atoms with Gasteiger partial charge in [-0.2, -0.15) is 0 Å². The molecule has 5 aromatic rings. The zero-order valence-corrected chi connectivity index (χ0v) is 24.1. The van der Waals surface area contributed by atoms with Crippen LogP contribution in [0.25, 0.3) is 21.7 Å². The summed E-state index contributed by atoms with van der Waals surface area (Å²) in [7, 11) is 4.97. The average Bonchev–Trinajstić information content (AvgIpc) is 3.46. The molecule has 1 N–H and O–H groups in total. The van der Waals surface area contributed by atoms with E-state index in [0.29, 0.717) is 33.8 Å². The molecule has 2 heterocycles. The van der Waals surface area contributed by atoms with Gasteiger partial charge in [0.1, 0.15) is 23.4 Å². The molecule has 0 saturated carbocycles. The first kappa shape index (κ1) is 27.9. The van der Waals surface area contributed by atoms with Crippen molar-refractivity contribution in [3.05, 3.63) is 100 Å². The van der Waals surface area contributed by atoms with Crippen LogP contribution in [0.15, 0.2) is 83.7 Å². The van der Waals surface area contributed by atoms with Crippen molar-refractivity contribution in [3.63, 3.8) is 0 Å². The van der Waals surface area contributed by atoms with Gasteiger partial charge in [0.15, 0.2) is 15.5 Å². The number of ether oxygens (including phenoxy) is 2. The van der Waals surface area contributed by atoms with Crippen LogP contribution < -0.4 is 25.2 Å². The summed E-state index contributed by atoms with van der Waals surface area (Å²) in [6.07, 6.45) is 0. The van der Waals surface area contributed by atoms with Gasteiger partial charge < -0.3 is 19.7 Å². The summed E-state index contributed by atoms with van der Waals surface area (Å²) >= 11 is 1.29. The molecule has 5 rings (SSSR count). The molecule has 0 aliphatic rings. The molecular weight excluding hydrogens is 538 g/mol. The zero-order valence-electron chi connectivity index (χ0n) is 23.3. The summed E-state index contributed by atoms with van der Waals surface area (Å²) in [5.41, 5.74) is 2.59. The van der Waals surface area contributed by atoms with Gasteiger partial charge in [0.2, 0.25) is 5.91 Å². The summed E-state index contributed by atoms with van der Waals surface area (Å²) in [5, 5.41) is 3.51. The lowest BCUT2D eigenvalue weighted by molar-refractivity contribution is -0.122. The summed E-state index contributed by atoms with van der Waals surface area (Å²) in [6, 6.07) is 24.3. The molecule has 0 saturated heterocycles. The molecule has 210 valence electrons. The summed E-state index contributed by atoms with van der Waals surface area (Å²) in [6.45, 7) is 2.46. The third-order valence-corrected chi connectivity index (χ3v) is 7.98. The number of likely N-dealkylation sites (N-methyl/N-ethyl adjacent to an activating group) is 1. The topological polar surface area (TPSA) is 98.6 Å². The molecule has 0 spiro atoms. The van der Waals surface area contributed by atoms with Gasteiger partial charge in [-0.05, 0) is 24.6 Å². The monoisotopic (exact) mass is 569 g/mol. The van der Waals surface area contributed by atoms with E-state index in [1.54, 1.807) is 36.8 Å². The Morgan fingerprint density at radius 3 is 2.39 bits per heavy atom. The summed E-state index contributed by atoms with van der Waals surface area (Å²) < 4.78 is 12.5. The maximum atomic E-state index is 14.0. The van der Waals surface area contributed by atoms with Gasteiger partial charge in [0.05, 0.1) is 20.8 Å². The van der Waals surface area contributed by atoms with Crippen molar-refractivity contribution >= 4 is 32.7 Å². The van der Waals surface area contributed by atoms with E-state index in [2.05, 4.69) is 10.3 Å². The third kappa shape index (κ3) is 5.92. The van der Waals surface area contributed by atoms with Gasteiger partial charge in [0.25, 0.3) is 5.56 Å². The van der Waals surface area contributed by atoms with Crippen molar-refractivity contribution in [1.29, 1.82) is 0 Å². The number of fused-ring (bicyclic) bond motifs is 1. The van der Waals surface area contributed by atoms with Gasteiger partial charge in [-0.15, -0.1) is 0 Å². The van der Waals surface area contributed by atoms with Crippen LogP contribution in [0.3, 0.4) is 0 Å². The van der Waals surface area contributed by atoms with E-state index >= 15 is 0 Å². The second-order valence-electron chi connectivity index (χ2n) is 9.51. The minimum atomic E-state index is -0.515. The van der Waals surface area contributed by atoms with Crippen molar-refractivity contribution < 1.29 is 14.3 Å². The number of carbonyl (C=O) groups excluding carboxylic acids is 1. The fraction of sp³-hybridized carbons (Fsp3) is 0.226. The predicted octanol–water partition coefficient (Wildman–Crippen LogP) is 4.73. The molecule has 0 unspecified atom stereocenters. The maximum absolute atomic E-state index is 14.0. The van der Waals surface area contributed by atoms with Gasteiger partial charge >= 0.3 is 0 Å². The fourth-order valence-electron chi connectivity index (χ4n) is 4.43. The lowest BCUT2D eigenvalue weighted by atomic mass is 10.1. The van der Waals surface area contributed by atoms with Gasteiger partial charge in [0, 0.05) is 30.8 Å². The van der Waals surface area contributed by atoms with Crippen LogP contribution in [0.5, 0.6) is 11.5 Å². The van der Waals surface area contributed by atoms with E-state index in [0.717, 1.165) is 16.7 Å². The first-order valence-electron chi connectivity index (χ1n) is 13.1. The second-order valence-corrected chi connectivity index (χ2v) is 10.5. The molecule has 10 heteroatoms. The Balaban J connectivity index is 1.50. The van der Waals surface area contributed by atoms with Crippen LogP contribution in [0.1, 0.15) is 18.1 Å². The van der Waals surface area contributed by atoms with Crippen molar-refractivity contribution in [2.75, 3.05) is 26.2 Å². The van der Waals surface area contributed by atoms with Gasteiger partial charge in [-0.1, -0.05) is 72.0 Å². The molecule has 41 heavy (non-hydrogen) atoms. The Bertz CT molecular complexity index is 1720. The molecule has 3 aromatic carbocycles. The highest BCUT2D eigenvalue weighted by Gasteiger charge is 2.24. The number of aromatic nitrogens is 3. The number of thiazole rings is 1. The minimum Gasteiger partial charge on any atom is -0.497 e. The van der Waals surface area contributed by atoms with Gasteiger partial charge in [-0.3, -0.25) is 14.2 Å². The highest BCUT2D eigenvalue weighted by Crippen LogP contribution is 2.30. The van der Waals surface area contributed by atoms with E-state index in [9.17, 15) is 9.59 Å². The first-order valence-corrected chi connectivity index (χ1v) is 13.9. The van der Waals surface area contributed by atoms with Crippen molar-refractivity contribution in [2.45, 2.75) is 26.1 Å². The Labute approximate surface area is 242 Å². The van der Waals surface area contributed by atoms with E-state index in [1.165, 1.54) is 11.3 Å². The Kier molecular flexibility index (Phi) is 8.30. The molecule has 2 aromatic heterocycles.